The number of amides is 2. The third kappa shape index (κ3) is 4.24. The van der Waals surface area contributed by atoms with E-state index in [0.29, 0.717) is 49.3 Å². The lowest BCUT2D eigenvalue weighted by Gasteiger charge is -2.45. The number of piperidine rings is 1. The minimum absolute atomic E-state index is 0.0283. The lowest BCUT2D eigenvalue weighted by atomic mass is 9.88. The van der Waals surface area contributed by atoms with Gasteiger partial charge in [0.1, 0.15) is 6.61 Å². The Balaban J connectivity index is 1.22. The predicted molar refractivity (Wildman–Crippen MR) is 101 cm³/mol. The summed E-state index contributed by atoms with van der Waals surface area (Å²) in [6.07, 6.45) is 1.46. The van der Waals surface area contributed by atoms with Gasteiger partial charge in [-0.1, -0.05) is 29.3 Å². The van der Waals surface area contributed by atoms with Crippen LogP contribution in [0.4, 0.5) is 4.79 Å². The van der Waals surface area contributed by atoms with Gasteiger partial charge < -0.3 is 19.3 Å². The zero-order chi connectivity index (χ0) is 19.0. The number of rotatable bonds is 3. The summed E-state index contributed by atoms with van der Waals surface area (Å²) in [5.74, 6) is 0.261. The number of urea groups is 1. The highest BCUT2D eigenvalue weighted by molar-refractivity contribution is 6.42. The van der Waals surface area contributed by atoms with E-state index in [-0.39, 0.29) is 36.5 Å². The summed E-state index contributed by atoms with van der Waals surface area (Å²) >= 11 is 11.9. The van der Waals surface area contributed by atoms with E-state index in [4.69, 9.17) is 32.7 Å². The molecule has 0 N–H and O–H groups in total. The van der Waals surface area contributed by atoms with Crippen LogP contribution < -0.4 is 0 Å². The Labute approximate surface area is 168 Å². The highest BCUT2D eigenvalue weighted by atomic mass is 35.5. The van der Waals surface area contributed by atoms with E-state index in [2.05, 4.69) is 0 Å². The quantitative estimate of drug-likeness (QED) is 0.765. The van der Waals surface area contributed by atoms with Crippen LogP contribution >= 0.6 is 23.2 Å². The number of Topliss-reactive ketones (excluding diaryl/α,β-unsaturated/α-hetero) is 1. The molecule has 3 aliphatic heterocycles. The first-order valence-electron chi connectivity index (χ1n) is 9.22. The number of hydrogen-bond acceptors (Lipinski definition) is 4. The van der Waals surface area contributed by atoms with Gasteiger partial charge in [-0.25, -0.2) is 4.79 Å². The van der Waals surface area contributed by atoms with Gasteiger partial charge in [0.05, 0.1) is 41.9 Å². The number of carbonyl (C=O) groups is 2. The molecule has 1 aromatic carbocycles. The fraction of sp³-hybridized carbons (Fsp3) is 0.579. The van der Waals surface area contributed by atoms with Crippen LogP contribution in [-0.2, 0) is 20.9 Å². The van der Waals surface area contributed by atoms with Crippen molar-refractivity contribution in [3.05, 3.63) is 33.8 Å². The molecule has 1 aromatic rings. The fourth-order valence-electron chi connectivity index (χ4n) is 3.89. The van der Waals surface area contributed by atoms with Crippen LogP contribution in [0.1, 0.15) is 18.4 Å². The van der Waals surface area contributed by atoms with E-state index in [0.717, 1.165) is 12.0 Å². The van der Waals surface area contributed by atoms with Crippen LogP contribution in [-0.4, -0.2) is 66.6 Å². The lowest BCUT2D eigenvalue weighted by molar-refractivity contribution is -0.140. The van der Waals surface area contributed by atoms with Crippen LogP contribution in [0.3, 0.4) is 0 Å². The number of fused-ring (bicyclic) bond motifs is 1. The van der Waals surface area contributed by atoms with E-state index in [1.54, 1.807) is 17.0 Å². The fourth-order valence-corrected chi connectivity index (χ4v) is 4.22. The molecule has 3 aliphatic rings. The van der Waals surface area contributed by atoms with Crippen LogP contribution in [0.2, 0.25) is 10.0 Å². The van der Waals surface area contributed by atoms with Gasteiger partial charge in [-0.3, -0.25) is 4.79 Å². The molecule has 0 aliphatic carbocycles. The molecule has 0 saturated carbocycles. The number of benzene rings is 1. The topological polar surface area (TPSA) is 59.1 Å². The third-order valence-corrected chi connectivity index (χ3v) is 6.21. The molecule has 2 atom stereocenters. The number of likely N-dealkylation sites (tertiary alicyclic amines) is 2. The maximum atomic E-state index is 12.7. The van der Waals surface area contributed by atoms with Crippen LogP contribution in [0, 0.1) is 5.92 Å². The van der Waals surface area contributed by atoms with Gasteiger partial charge in [-0.2, -0.15) is 0 Å². The summed E-state index contributed by atoms with van der Waals surface area (Å²) in [7, 11) is 0. The van der Waals surface area contributed by atoms with Crippen molar-refractivity contribution in [3.8, 4) is 0 Å². The van der Waals surface area contributed by atoms with Crippen molar-refractivity contribution in [3.63, 3.8) is 0 Å². The van der Waals surface area contributed by atoms with E-state index < -0.39 is 0 Å². The molecule has 0 bridgehead atoms. The summed E-state index contributed by atoms with van der Waals surface area (Å²) in [6, 6.07) is 5.46. The van der Waals surface area contributed by atoms with Crippen molar-refractivity contribution in [1.82, 2.24) is 9.80 Å². The average Bonchev–Trinajstić information content (AvgIpc) is 2.62. The number of hydrogen-bond donors (Lipinski definition) is 0. The molecule has 4 rings (SSSR count). The highest BCUT2D eigenvalue weighted by Crippen LogP contribution is 2.29. The number of ether oxygens (including phenoxy) is 2. The molecule has 2 amide bonds. The summed E-state index contributed by atoms with van der Waals surface area (Å²) in [6.45, 7) is 3.11. The average molecular weight is 413 g/mol. The number of ketones is 1. The van der Waals surface area contributed by atoms with Gasteiger partial charge >= 0.3 is 6.03 Å². The van der Waals surface area contributed by atoms with Crippen molar-refractivity contribution < 1.29 is 19.1 Å². The number of nitrogens with zero attached hydrogens (tertiary/aromatic N) is 2. The molecule has 27 heavy (non-hydrogen) atoms. The predicted octanol–water partition coefficient (Wildman–Crippen LogP) is 2.99. The molecule has 6 nitrogen and oxygen atoms in total. The zero-order valence-electron chi connectivity index (χ0n) is 14.9. The standard InChI is InChI=1S/C19H22Cl2N2O4/c20-16-2-1-12(5-17(16)21)10-26-15-8-23(9-15)19(25)22-4-3-18-13(7-22)6-14(24)11-27-18/h1-2,5,13,15,18H,3-4,6-11H2/t13-,18+/m1/s1. The Hall–Kier alpha value is -1.34. The summed E-state index contributed by atoms with van der Waals surface area (Å²) < 4.78 is 11.4. The minimum Gasteiger partial charge on any atom is -0.370 e. The van der Waals surface area contributed by atoms with Crippen molar-refractivity contribution in [2.75, 3.05) is 32.8 Å². The van der Waals surface area contributed by atoms with E-state index in [9.17, 15) is 9.59 Å². The van der Waals surface area contributed by atoms with Gasteiger partial charge in [-0.05, 0) is 24.1 Å². The second-order valence-electron chi connectivity index (χ2n) is 7.46. The Morgan fingerprint density at radius 3 is 2.78 bits per heavy atom. The molecule has 0 radical (unpaired) electrons. The largest absolute Gasteiger partial charge is 0.370 e. The van der Waals surface area contributed by atoms with Crippen LogP contribution in [0.25, 0.3) is 0 Å². The SMILES string of the molecule is O=C1CO[C@H]2CCN(C(=O)N3CC(OCc4ccc(Cl)c(Cl)c4)C3)C[C@H]2C1. The maximum absolute atomic E-state index is 12.7. The molecule has 8 heteroatoms. The monoisotopic (exact) mass is 412 g/mol. The molecule has 3 heterocycles. The Morgan fingerprint density at radius 1 is 1.19 bits per heavy atom. The first kappa shape index (κ1) is 19.0. The lowest BCUT2D eigenvalue weighted by Crippen LogP contribution is -2.61. The molecule has 3 saturated heterocycles. The van der Waals surface area contributed by atoms with Gasteiger partial charge in [0.2, 0.25) is 0 Å². The molecule has 0 aromatic heterocycles. The Kier molecular flexibility index (Phi) is 5.60. The van der Waals surface area contributed by atoms with E-state index in [1.165, 1.54) is 0 Å². The first-order valence-corrected chi connectivity index (χ1v) is 9.98. The van der Waals surface area contributed by atoms with Gasteiger partial charge in [0.25, 0.3) is 0 Å². The molecule has 0 spiro atoms. The van der Waals surface area contributed by atoms with Crippen molar-refractivity contribution >= 4 is 35.0 Å². The van der Waals surface area contributed by atoms with Gasteiger partial charge in [-0.15, -0.1) is 0 Å². The van der Waals surface area contributed by atoms with Crippen molar-refractivity contribution in [2.24, 2.45) is 5.92 Å². The summed E-state index contributed by atoms with van der Waals surface area (Å²) in [5.41, 5.74) is 0.957. The summed E-state index contributed by atoms with van der Waals surface area (Å²) in [5, 5.41) is 1.03. The normalized spacial score (nSPS) is 25.9. The van der Waals surface area contributed by atoms with Crippen molar-refractivity contribution in [2.45, 2.75) is 31.7 Å². The Bertz CT molecular complexity index is 738. The zero-order valence-corrected chi connectivity index (χ0v) is 16.4. The molecule has 0 unspecified atom stereocenters. The number of carbonyl (C=O) groups excluding carboxylic acids is 2. The number of halogens is 2. The smallest absolute Gasteiger partial charge is 0.320 e. The second-order valence-corrected chi connectivity index (χ2v) is 8.27. The molecular weight excluding hydrogens is 391 g/mol. The maximum Gasteiger partial charge on any atom is 0.320 e. The van der Waals surface area contributed by atoms with Crippen molar-refractivity contribution in [1.29, 1.82) is 0 Å². The minimum atomic E-state index is 0.0283. The summed E-state index contributed by atoms with van der Waals surface area (Å²) in [4.78, 5) is 27.9. The molecular formula is C19H22Cl2N2O4. The first-order chi connectivity index (χ1) is 13.0. The molecule has 3 fully saturated rings. The Morgan fingerprint density at radius 2 is 2.00 bits per heavy atom. The highest BCUT2D eigenvalue weighted by Gasteiger charge is 2.40. The third-order valence-electron chi connectivity index (χ3n) is 5.47. The van der Waals surface area contributed by atoms with Gasteiger partial charge in [0.15, 0.2) is 5.78 Å². The van der Waals surface area contributed by atoms with Crippen LogP contribution in [0.5, 0.6) is 0 Å². The van der Waals surface area contributed by atoms with E-state index >= 15 is 0 Å². The van der Waals surface area contributed by atoms with E-state index in [1.807, 2.05) is 11.0 Å². The molecule has 146 valence electrons. The van der Waals surface area contributed by atoms with Crippen LogP contribution in [0.15, 0.2) is 18.2 Å². The second kappa shape index (κ2) is 7.95. The van der Waals surface area contributed by atoms with Gasteiger partial charge in [0, 0.05) is 25.4 Å².